The summed E-state index contributed by atoms with van der Waals surface area (Å²) in [6.45, 7) is 1.34. The summed E-state index contributed by atoms with van der Waals surface area (Å²) in [5.74, 6) is -0.601. The summed E-state index contributed by atoms with van der Waals surface area (Å²) in [5, 5.41) is 27.7. The minimum Gasteiger partial charge on any atom is -0.862 e. The largest absolute Gasteiger partial charge is 0.862 e. The van der Waals surface area contributed by atoms with Gasteiger partial charge in [0.05, 0.1) is 21.5 Å². The van der Waals surface area contributed by atoms with Crippen LogP contribution in [0.2, 0.25) is 0 Å². The molecule has 0 radical (unpaired) electrons. The maximum absolute atomic E-state index is 11.2. The number of aromatic nitrogens is 3. The minimum absolute atomic E-state index is 0.0996. The average Bonchev–Trinajstić information content (AvgIpc) is 3.02. The van der Waals surface area contributed by atoms with E-state index in [0.717, 1.165) is 4.80 Å². The summed E-state index contributed by atoms with van der Waals surface area (Å²) in [7, 11) is 0. The molecule has 2 aromatic carbocycles. The highest BCUT2D eigenvalue weighted by Gasteiger charge is 2.24. The Morgan fingerprint density at radius 1 is 1.31 bits per heavy atom. The molecular formula is C15H11N5O6. The second kappa shape index (κ2) is 6.84. The third-order valence-corrected chi connectivity index (χ3v) is 3.14. The molecule has 0 aliphatic rings. The lowest BCUT2D eigenvalue weighted by Gasteiger charge is -2.07. The molecule has 11 heteroatoms. The molecule has 0 bridgehead atoms. The number of rotatable bonds is 5. The Morgan fingerprint density at radius 3 is 2.62 bits per heavy atom. The van der Waals surface area contributed by atoms with Gasteiger partial charge in [0.1, 0.15) is 5.75 Å². The molecule has 132 valence electrons. The van der Waals surface area contributed by atoms with Crippen LogP contribution in [0.1, 0.15) is 6.92 Å². The number of ether oxygens (including phenoxy) is 1. The van der Waals surface area contributed by atoms with Gasteiger partial charge in [0, 0.05) is 6.07 Å². The lowest BCUT2D eigenvalue weighted by atomic mass is 10.2. The van der Waals surface area contributed by atoms with Crippen molar-refractivity contribution in [1.82, 2.24) is 10.4 Å². The smallest absolute Gasteiger partial charge is 0.493 e. The van der Waals surface area contributed by atoms with Crippen LogP contribution < -0.4 is 20.4 Å². The SMILES string of the molecule is CC([O-])=Nc1ccc(Oc2ccc([N+](=O)[O-])cc2-[n+]2noc(=O)[nH]2)cc1. The lowest BCUT2D eigenvalue weighted by molar-refractivity contribution is -0.725. The van der Waals surface area contributed by atoms with Crippen LogP contribution in [-0.2, 0) is 0 Å². The van der Waals surface area contributed by atoms with Gasteiger partial charge in [0.15, 0.2) is 0 Å². The molecule has 0 aliphatic heterocycles. The summed E-state index contributed by atoms with van der Waals surface area (Å²) >= 11 is 0. The molecule has 0 atom stereocenters. The average molecular weight is 357 g/mol. The summed E-state index contributed by atoms with van der Waals surface area (Å²) in [4.78, 5) is 26.2. The quantitative estimate of drug-likeness (QED) is 0.233. The Balaban J connectivity index is 1.97. The Bertz CT molecular complexity index is 1030. The molecule has 3 aromatic rings. The fraction of sp³-hybridized carbons (Fsp3) is 0.0667. The normalized spacial score (nSPS) is 11.3. The Kier molecular flexibility index (Phi) is 4.43. The van der Waals surface area contributed by atoms with E-state index < -0.39 is 10.7 Å². The number of benzene rings is 2. The monoisotopic (exact) mass is 357 g/mol. The number of aliphatic imine (C=N–C) groups is 1. The second-order valence-electron chi connectivity index (χ2n) is 5.02. The zero-order chi connectivity index (χ0) is 18.7. The fourth-order valence-electron chi connectivity index (χ4n) is 2.08. The zero-order valence-electron chi connectivity index (χ0n) is 13.3. The van der Waals surface area contributed by atoms with E-state index in [9.17, 15) is 20.0 Å². The van der Waals surface area contributed by atoms with Gasteiger partial charge in [-0.05, 0) is 43.2 Å². The highest BCUT2D eigenvalue weighted by molar-refractivity contribution is 5.72. The number of nitro benzene ring substituents is 1. The summed E-state index contributed by atoms with van der Waals surface area (Å²) in [6.07, 6.45) is 0. The number of nitrogens with zero attached hydrogens (tertiary/aromatic N) is 4. The van der Waals surface area contributed by atoms with Crippen molar-refractivity contribution in [3.63, 3.8) is 0 Å². The maximum Gasteiger partial charge on any atom is 0.493 e. The van der Waals surface area contributed by atoms with Gasteiger partial charge in [0.25, 0.3) is 5.69 Å². The van der Waals surface area contributed by atoms with Crippen molar-refractivity contribution in [1.29, 1.82) is 0 Å². The molecule has 0 saturated heterocycles. The highest BCUT2D eigenvalue weighted by atomic mass is 16.6. The first-order chi connectivity index (χ1) is 12.4. The Labute approximate surface area is 144 Å². The highest BCUT2D eigenvalue weighted by Crippen LogP contribution is 2.29. The molecule has 1 heterocycles. The molecule has 11 nitrogen and oxygen atoms in total. The number of hydrogen-bond donors (Lipinski definition) is 1. The number of nitro groups is 1. The zero-order valence-corrected chi connectivity index (χ0v) is 13.3. The van der Waals surface area contributed by atoms with Crippen molar-refractivity contribution < 1.29 is 24.1 Å². The molecule has 3 rings (SSSR count). The Hall–Kier alpha value is -4.02. The van der Waals surface area contributed by atoms with Crippen molar-refractivity contribution in [2.24, 2.45) is 4.99 Å². The van der Waals surface area contributed by atoms with Gasteiger partial charge < -0.3 is 9.84 Å². The van der Waals surface area contributed by atoms with E-state index in [-0.39, 0.29) is 23.0 Å². The summed E-state index contributed by atoms with van der Waals surface area (Å²) in [5.41, 5.74) is 0.339. The van der Waals surface area contributed by atoms with Crippen LogP contribution in [0.15, 0.2) is 56.8 Å². The maximum atomic E-state index is 11.2. The molecule has 0 unspecified atom stereocenters. The van der Waals surface area contributed by atoms with Crippen LogP contribution >= 0.6 is 0 Å². The van der Waals surface area contributed by atoms with Crippen LogP contribution in [0.25, 0.3) is 5.69 Å². The molecule has 0 fully saturated rings. The standard InChI is InChI=1S/C15H11N5O6/c1-9(21)16-10-2-5-12(6-3-10)25-14-7-4-11(20(23)24)8-13(14)19-17-15(22)26-18-19/h2-8H,1H3,(H-,16,17,18,21,22). The van der Waals surface area contributed by atoms with Crippen LogP contribution in [-0.4, -0.2) is 21.2 Å². The molecule has 0 amide bonds. The fourth-order valence-corrected chi connectivity index (χ4v) is 2.08. The van der Waals surface area contributed by atoms with Crippen molar-refractivity contribution in [3.05, 3.63) is 63.1 Å². The van der Waals surface area contributed by atoms with Crippen molar-refractivity contribution in [3.8, 4) is 17.2 Å². The van der Waals surface area contributed by atoms with Gasteiger partial charge in [-0.1, -0.05) is 5.10 Å². The third-order valence-electron chi connectivity index (χ3n) is 3.14. The first kappa shape index (κ1) is 16.8. The lowest BCUT2D eigenvalue weighted by Crippen LogP contribution is -2.38. The van der Waals surface area contributed by atoms with E-state index in [0.29, 0.717) is 11.4 Å². The predicted molar refractivity (Wildman–Crippen MR) is 84.6 cm³/mol. The first-order valence-corrected chi connectivity index (χ1v) is 7.20. The van der Waals surface area contributed by atoms with Gasteiger partial charge in [-0.2, -0.15) is 0 Å². The number of nitrogens with one attached hydrogen (secondary N) is 1. The van der Waals surface area contributed by atoms with E-state index in [1.54, 1.807) is 24.3 Å². The van der Waals surface area contributed by atoms with Crippen LogP contribution in [0.4, 0.5) is 11.4 Å². The third kappa shape index (κ3) is 3.72. The van der Waals surface area contributed by atoms with E-state index in [1.165, 1.54) is 25.1 Å². The van der Waals surface area contributed by atoms with Gasteiger partial charge in [-0.3, -0.25) is 15.1 Å². The molecular weight excluding hydrogens is 346 g/mol. The van der Waals surface area contributed by atoms with E-state index in [2.05, 4.69) is 19.9 Å². The number of H-pyrrole nitrogens is 1. The number of aromatic amines is 1. The second-order valence-corrected chi connectivity index (χ2v) is 5.02. The topological polar surface area (TPSA) is 151 Å². The van der Waals surface area contributed by atoms with Gasteiger partial charge in [-0.15, -0.1) is 0 Å². The van der Waals surface area contributed by atoms with Crippen LogP contribution in [0.3, 0.4) is 0 Å². The minimum atomic E-state index is -0.836. The van der Waals surface area contributed by atoms with Gasteiger partial charge in [-0.25, -0.2) is 9.32 Å². The van der Waals surface area contributed by atoms with Crippen molar-refractivity contribution in [2.75, 3.05) is 0 Å². The summed E-state index contributed by atoms with van der Waals surface area (Å²) in [6, 6.07) is 10.1. The Morgan fingerprint density at radius 2 is 2.04 bits per heavy atom. The van der Waals surface area contributed by atoms with Gasteiger partial charge in [0.2, 0.25) is 11.0 Å². The molecule has 1 N–H and O–H groups in total. The molecule has 0 spiro atoms. The van der Waals surface area contributed by atoms with Crippen molar-refractivity contribution >= 4 is 17.3 Å². The predicted octanol–water partition coefficient (Wildman–Crippen LogP) is 0.750. The molecule has 26 heavy (non-hydrogen) atoms. The van der Waals surface area contributed by atoms with E-state index in [1.807, 2.05) is 0 Å². The van der Waals surface area contributed by atoms with Crippen LogP contribution in [0.5, 0.6) is 11.5 Å². The van der Waals surface area contributed by atoms with Crippen LogP contribution in [0, 0.1) is 10.1 Å². The molecule has 0 aliphatic carbocycles. The number of hydrogen-bond acceptors (Lipinski definition) is 8. The number of non-ortho nitro benzene ring substituents is 1. The van der Waals surface area contributed by atoms with E-state index in [4.69, 9.17) is 4.74 Å². The molecule has 1 aromatic heterocycles. The van der Waals surface area contributed by atoms with Crippen molar-refractivity contribution in [2.45, 2.75) is 6.92 Å². The molecule has 0 saturated carbocycles. The van der Waals surface area contributed by atoms with E-state index >= 15 is 0 Å². The summed E-state index contributed by atoms with van der Waals surface area (Å²) < 4.78 is 10.1. The first-order valence-electron chi connectivity index (χ1n) is 7.20. The van der Waals surface area contributed by atoms with Gasteiger partial charge >= 0.3 is 11.4 Å².